The number of primary amides is 1. The van der Waals surface area contributed by atoms with Gasteiger partial charge in [0, 0.05) is 47.4 Å². The van der Waals surface area contributed by atoms with Gasteiger partial charge in [0.05, 0.1) is 6.42 Å². The Morgan fingerprint density at radius 1 is 1.03 bits per heavy atom. The fourth-order valence-corrected chi connectivity index (χ4v) is 2.89. The third kappa shape index (κ3) is 5.60. The first-order valence-corrected chi connectivity index (χ1v) is 9.14. The minimum absolute atomic E-state index is 0.0317. The summed E-state index contributed by atoms with van der Waals surface area (Å²) in [6.45, 7) is 1.63. The van der Waals surface area contributed by atoms with Crippen LogP contribution >= 0.6 is 0 Å². The molecule has 3 aromatic rings. The quantitative estimate of drug-likeness (QED) is 0.489. The lowest BCUT2D eigenvalue weighted by Gasteiger charge is -2.14. The highest BCUT2D eigenvalue weighted by Crippen LogP contribution is 2.23. The van der Waals surface area contributed by atoms with Crippen molar-refractivity contribution in [2.45, 2.75) is 19.9 Å². The largest absolute Gasteiger partial charge is 0.381 e. The number of nitrogens with zero attached hydrogens (tertiary/aromatic N) is 1. The molecule has 0 saturated carbocycles. The summed E-state index contributed by atoms with van der Waals surface area (Å²) in [6, 6.07) is 11.8. The summed E-state index contributed by atoms with van der Waals surface area (Å²) in [5.41, 5.74) is 8.12. The van der Waals surface area contributed by atoms with Crippen LogP contribution in [0.15, 0.2) is 54.7 Å². The molecule has 3 rings (SSSR count). The van der Waals surface area contributed by atoms with Crippen LogP contribution in [-0.4, -0.2) is 16.7 Å². The molecule has 0 aliphatic rings. The summed E-state index contributed by atoms with van der Waals surface area (Å²) in [6.07, 6.45) is 1.46. The van der Waals surface area contributed by atoms with Crippen LogP contribution in [0, 0.1) is 11.6 Å². The maximum atomic E-state index is 13.4. The molecule has 1 amide bonds. The van der Waals surface area contributed by atoms with E-state index in [2.05, 4.69) is 15.6 Å². The van der Waals surface area contributed by atoms with Crippen LogP contribution in [0.3, 0.4) is 0 Å². The molecule has 30 heavy (non-hydrogen) atoms. The number of hydrogen-bond acceptors (Lipinski definition) is 5. The predicted octanol–water partition coefficient (Wildman–Crippen LogP) is 3.95. The number of nitrogens with one attached hydrogen (secondary N) is 2. The highest BCUT2D eigenvalue weighted by molar-refractivity contribution is 5.94. The molecule has 0 aliphatic carbocycles. The molecule has 0 atom stereocenters. The van der Waals surface area contributed by atoms with Crippen LogP contribution in [0.25, 0.3) is 0 Å². The van der Waals surface area contributed by atoms with E-state index in [1.165, 1.54) is 25.3 Å². The van der Waals surface area contributed by atoms with Crippen molar-refractivity contribution in [2.24, 2.45) is 5.73 Å². The molecule has 0 aliphatic heterocycles. The van der Waals surface area contributed by atoms with Gasteiger partial charge in [0.15, 0.2) is 5.78 Å². The number of benzene rings is 2. The number of Topliss-reactive ketones (excluding diaryl/α,β-unsaturated/α-hetero) is 1. The minimum Gasteiger partial charge on any atom is -0.381 e. The van der Waals surface area contributed by atoms with Gasteiger partial charge in [0.2, 0.25) is 5.91 Å². The van der Waals surface area contributed by atoms with Crippen molar-refractivity contribution in [3.05, 3.63) is 83.1 Å². The number of hydrogen-bond donors (Lipinski definition) is 3. The summed E-state index contributed by atoms with van der Waals surface area (Å²) >= 11 is 0. The third-order valence-corrected chi connectivity index (χ3v) is 4.32. The second-order valence-corrected chi connectivity index (χ2v) is 6.76. The topological polar surface area (TPSA) is 97.1 Å². The summed E-state index contributed by atoms with van der Waals surface area (Å²) in [4.78, 5) is 27.0. The molecule has 1 heterocycles. The van der Waals surface area contributed by atoms with Crippen molar-refractivity contribution in [1.29, 1.82) is 0 Å². The number of pyridine rings is 1. The predicted molar refractivity (Wildman–Crippen MR) is 111 cm³/mol. The van der Waals surface area contributed by atoms with E-state index in [-0.39, 0.29) is 18.7 Å². The molecule has 4 N–H and O–H groups in total. The van der Waals surface area contributed by atoms with Gasteiger partial charge in [0.25, 0.3) is 0 Å². The number of carbonyl (C=O) groups excluding carboxylic acids is 2. The van der Waals surface area contributed by atoms with Gasteiger partial charge in [0.1, 0.15) is 17.5 Å². The zero-order chi connectivity index (χ0) is 21.7. The van der Waals surface area contributed by atoms with Crippen LogP contribution in [0.1, 0.15) is 28.4 Å². The SMILES string of the molecule is CC(=O)c1ccc(Nc2cc(NCc3cc(F)cc(F)c3)c(CC(N)=O)cn2)cc1. The van der Waals surface area contributed by atoms with E-state index >= 15 is 0 Å². The minimum atomic E-state index is -0.671. The fraction of sp³-hybridized carbons (Fsp3) is 0.136. The Labute approximate surface area is 172 Å². The second kappa shape index (κ2) is 9.13. The van der Waals surface area contributed by atoms with Crippen LogP contribution in [0.2, 0.25) is 0 Å². The van der Waals surface area contributed by atoms with Crippen molar-refractivity contribution >= 4 is 28.9 Å². The number of anilines is 3. The number of ketones is 1. The Hall–Kier alpha value is -3.81. The van der Waals surface area contributed by atoms with Crippen LogP contribution in [0.5, 0.6) is 0 Å². The molecule has 0 saturated heterocycles. The molecule has 0 fully saturated rings. The molecule has 8 heteroatoms. The van der Waals surface area contributed by atoms with E-state index in [0.29, 0.717) is 33.9 Å². The number of aromatic nitrogens is 1. The first-order valence-electron chi connectivity index (χ1n) is 9.14. The lowest BCUT2D eigenvalue weighted by Crippen LogP contribution is -2.15. The zero-order valence-electron chi connectivity index (χ0n) is 16.2. The third-order valence-electron chi connectivity index (χ3n) is 4.32. The number of halogens is 2. The van der Waals surface area contributed by atoms with Gasteiger partial charge in [-0.2, -0.15) is 0 Å². The van der Waals surface area contributed by atoms with Gasteiger partial charge in [-0.3, -0.25) is 9.59 Å². The molecule has 0 radical (unpaired) electrons. The highest BCUT2D eigenvalue weighted by atomic mass is 19.1. The maximum absolute atomic E-state index is 13.4. The van der Waals surface area contributed by atoms with Gasteiger partial charge in [-0.15, -0.1) is 0 Å². The fourth-order valence-electron chi connectivity index (χ4n) is 2.89. The van der Waals surface area contributed by atoms with Crippen LogP contribution in [-0.2, 0) is 17.8 Å². The van der Waals surface area contributed by atoms with E-state index in [4.69, 9.17) is 5.73 Å². The molecule has 0 unspecified atom stereocenters. The Bertz CT molecular complexity index is 1060. The van der Waals surface area contributed by atoms with Gasteiger partial charge >= 0.3 is 0 Å². The summed E-state index contributed by atoms with van der Waals surface area (Å²) in [5, 5.41) is 6.18. The van der Waals surface area contributed by atoms with Crippen molar-refractivity contribution in [3.63, 3.8) is 0 Å². The van der Waals surface area contributed by atoms with E-state index in [1.54, 1.807) is 30.3 Å². The first-order chi connectivity index (χ1) is 14.3. The van der Waals surface area contributed by atoms with Crippen molar-refractivity contribution in [2.75, 3.05) is 10.6 Å². The lowest BCUT2D eigenvalue weighted by atomic mass is 10.1. The Morgan fingerprint density at radius 2 is 1.70 bits per heavy atom. The molecule has 1 aromatic heterocycles. The zero-order valence-corrected chi connectivity index (χ0v) is 16.2. The summed E-state index contributed by atoms with van der Waals surface area (Å²) < 4.78 is 26.8. The first kappa shape index (κ1) is 20.9. The van der Waals surface area contributed by atoms with Crippen LogP contribution in [0.4, 0.5) is 26.0 Å². The molecule has 0 spiro atoms. The number of rotatable bonds is 8. The normalized spacial score (nSPS) is 10.5. The van der Waals surface area contributed by atoms with E-state index in [9.17, 15) is 18.4 Å². The number of amides is 1. The van der Waals surface area contributed by atoms with Gasteiger partial charge < -0.3 is 16.4 Å². The van der Waals surface area contributed by atoms with Crippen LogP contribution < -0.4 is 16.4 Å². The monoisotopic (exact) mass is 410 g/mol. The highest BCUT2D eigenvalue weighted by Gasteiger charge is 2.10. The summed E-state index contributed by atoms with van der Waals surface area (Å²) in [5.74, 6) is -1.43. The molecular weight excluding hydrogens is 390 g/mol. The Balaban J connectivity index is 1.81. The molecule has 6 nitrogen and oxygen atoms in total. The van der Waals surface area contributed by atoms with Gasteiger partial charge in [-0.05, 0) is 48.9 Å². The second-order valence-electron chi connectivity index (χ2n) is 6.76. The van der Waals surface area contributed by atoms with E-state index in [0.717, 1.165) is 6.07 Å². The Morgan fingerprint density at radius 3 is 2.30 bits per heavy atom. The van der Waals surface area contributed by atoms with Crippen molar-refractivity contribution in [1.82, 2.24) is 4.98 Å². The van der Waals surface area contributed by atoms with E-state index < -0.39 is 17.5 Å². The lowest BCUT2D eigenvalue weighted by molar-refractivity contribution is -0.117. The van der Waals surface area contributed by atoms with E-state index in [1.807, 2.05) is 0 Å². The maximum Gasteiger partial charge on any atom is 0.221 e. The number of nitrogens with two attached hydrogens (primary N) is 1. The summed E-state index contributed by atoms with van der Waals surface area (Å²) in [7, 11) is 0. The average Bonchev–Trinajstić information content (AvgIpc) is 2.67. The smallest absolute Gasteiger partial charge is 0.221 e. The molecule has 0 bridgehead atoms. The standard InChI is InChI=1S/C22H20F2N4O2/c1-13(29)15-2-4-19(5-3-15)28-22-10-20(16(12-27-22)8-21(25)30)26-11-14-6-17(23)9-18(24)7-14/h2-7,9-10,12H,8,11H2,1H3,(H2,25,30)(H2,26,27,28). The molecule has 2 aromatic carbocycles. The van der Waals surface area contributed by atoms with Crippen molar-refractivity contribution < 1.29 is 18.4 Å². The van der Waals surface area contributed by atoms with Gasteiger partial charge in [-0.1, -0.05) is 0 Å². The average molecular weight is 410 g/mol. The van der Waals surface area contributed by atoms with Gasteiger partial charge in [-0.25, -0.2) is 13.8 Å². The number of carbonyl (C=O) groups is 2. The molecular formula is C22H20F2N4O2. The molecule has 154 valence electrons. The van der Waals surface area contributed by atoms with Crippen molar-refractivity contribution in [3.8, 4) is 0 Å². The Kier molecular flexibility index (Phi) is 6.36.